The van der Waals surface area contributed by atoms with E-state index < -0.39 is 0 Å². The molecule has 0 spiro atoms. The van der Waals surface area contributed by atoms with E-state index in [9.17, 15) is 0 Å². The minimum absolute atomic E-state index is 0.836. The van der Waals surface area contributed by atoms with Crippen molar-refractivity contribution in [3.8, 4) is 17.1 Å². The first-order valence-corrected chi connectivity index (χ1v) is 10.7. The van der Waals surface area contributed by atoms with E-state index in [2.05, 4.69) is 116 Å². The summed E-state index contributed by atoms with van der Waals surface area (Å²) in [5.41, 5.74) is 5.37. The summed E-state index contributed by atoms with van der Waals surface area (Å²) in [7, 11) is 0. The van der Waals surface area contributed by atoms with Gasteiger partial charge >= 0.3 is 0 Å². The van der Waals surface area contributed by atoms with Crippen molar-refractivity contribution < 1.29 is 0 Å². The number of rotatable bonds is 2. The lowest BCUT2D eigenvalue weighted by atomic mass is 10.1. The Bertz CT molecular complexity index is 1740. The van der Waals surface area contributed by atoms with E-state index in [1.165, 1.54) is 21.8 Å². The first-order chi connectivity index (χ1) is 15.9. The molecule has 4 aromatic carbocycles. The Morgan fingerprint density at radius 1 is 0.531 bits per heavy atom. The Labute approximate surface area is 184 Å². The van der Waals surface area contributed by atoms with Gasteiger partial charge in [-0.05, 0) is 35.7 Å². The van der Waals surface area contributed by atoms with E-state index in [0.29, 0.717) is 0 Å². The van der Waals surface area contributed by atoms with Crippen LogP contribution in [0, 0.1) is 0 Å². The molecule has 0 aliphatic carbocycles. The molecule has 0 unspecified atom stereocenters. The summed E-state index contributed by atoms with van der Waals surface area (Å²) in [5.74, 6) is 0.836. The Kier molecular flexibility index (Phi) is 3.52. The highest BCUT2D eigenvalue weighted by molar-refractivity contribution is 6.09. The standard InChI is InChI=1S/C28H18N4/c1-2-10-20-19(9-1)17-18-31-27(20)29-30-28(31)23-13-5-8-16-26(23)32-24-14-6-3-11-21(24)22-12-4-7-15-25(22)32/h1-18H. The van der Waals surface area contributed by atoms with Gasteiger partial charge in [0, 0.05) is 27.9 Å². The molecule has 0 N–H and O–H groups in total. The highest BCUT2D eigenvalue weighted by atomic mass is 15.2. The Hall–Kier alpha value is -4.44. The second-order valence-corrected chi connectivity index (χ2v) is 8.01. The van der Waals surface area contributed by atoms with E-state index >= 15 is 0 Å². The summed E-state index contributed by atoms with van der Waals surface area (Å²) < 4.78 is 4.43. The first-order valence-electron chi connectivity index (χ1n) is 10.7. The second kappa shape index (κ2) is 6.53. The third kappa shape index (κ3) is 2.32. The average molecular weight is 410 g/mol. The number of benzene rings is 4. The molecule has 0 saturated carbocycles. The van der Waals surface area contributed by atoms with Gasteiger partial charge in [-0.2, -0.15) is 0 Å². The maximum absolute atomic E-state index is 4.65. The number of pyridine rings is 1. The summed E-state index contributed by atoms with van der Waals surface area (Å²) >= 11 is 0. The van der Waals surface area contributed by atoms with Gasteiger partial charge in [-0.3, -0.25) is 4.40 Å². The molecule has 32 heavy (non-hydrogen) atoms. The van der Waals surface area contributed by atoms with Crippen LogP contribution in [0.2, 0.25) is 0 Å². The summed E-state index contributed by atoms with van der Waals surface area (Å²) in [4.78, 5) is 0. The van der Waals surface area contributed by atoms with Crippen molar-refractivity contribution >= 4 is 38.2 Å². The van der Waals surface area contributed by atoms with Crippen LogP contribution in [0.25, 0.3) is 55.3 Å². The largest absolute Gasteiger partial charge is 0.309 e. The SMILES string of the molecule is c1ccc(-n2c3ccccc3c3ccccc32)c(-c2nnc3c4ccccc4ccn23)c1. The molecule has 3 heterocycles. The minimum atomic E-state index is 0.836. The fraction of sp³-hybridized carbons (Fsp3) is 0. The molecule has 0 aliphatic heterocycles. The molecule has 7 aromatic rings. The van der Waals surface area contributed by atoms with Gasteiger partial charge < -0.3 is 4.57 Å². The third-order valence-corrected chi connectivity index (χ3v) is 6.27. The van der Waals surface area contributed by atoms with Gasteiger partial charge in [-0.1, -0.05) is 72.8 Å². The van der Waals surface area contributed by atoms with Crippen molar-refractivity contribution in [1.29, 1.82) is 0 Å². The van der Waals surface area contributed by atoms with Gasteiger partial charge in [0.1, 0.15) is 0 Å². The van der Waals surface area contributed by atoms with Crippen LogP contribution >= 0.6 is 0 Å². The van der Waals surface area contributed by atoms with E-state index in [1.54, 1.807) is 0 Å². The molecule has 0 radical (unpaired) electrons. The molecule has 4 nitrogen and oxygen atoms in total. The molecular formula is C28H18N4. The fourth-order valence-electron chi connectivity index (χ4n) is 4.84. The molecule has 0 atom stereocenters. The molecular weight excluding hydrogens is 392 g/mol. The Morgan fingerprint density at radius 2 is 1.16 bits per heavy atom. The zero-order chi connectivity index (χ0) is 21.1. The Morgan fingerprint density at radius 3 is 1.94 bits per heavy atom. The van der Waals surface area contributed by atoms with Gasteiger partial charge in [-0.15, -0.1) is 10.2 Å². The predicted octanol–water partition coefficient (Wildman–Crippen LogP) is 6.65. The van der Waals surface area contributed by atoms with Crippen LogP contribution in [0.4, 0.5) is 0 Å². The van der Waals surface area contributed by atoms with Crippen LogP contribution in [0.3, 0.4) is 0 Å². The van der Waals surface area contributed by atoms with Crippen molar-refractivity contribution in [2.75, 3.05) is 0 Å². The number of para-hydroxylation sites is 3. The number of hydrogen-bond donors (Lipinski definition) is 0. The smallest absolute Gasteiger partial charge is 0.170 e. The minimum Gasteiger partial charge on any atom is -0.309 e. The molecule has 4 heteroatoms. The highest BCUT2D eigenvalue weighted by Crippen LogP contribution is 2.35. The van der Waals surface area contributed by atoms with E-state index in [-0.39, 0.29) is 0 Å². The molecule has 0 amide bonds. The maximum atomic E-state index is 4.65. The van der Waals surface area contributed by atoms with Crippen LogP contribution in [-0.4, -0.2) is 19.2 Å². The summed E-state index contributed by atoms with van der Waals surface area (Å²) in [6.45, 7) is 0. The summed E-state index contributed by atoms with van der Waals surface area (Å²) in [6.07, 6.45) is 2.07. The van der Waals surface area contributed by atoms with Crippen LogP contribution in [0.5, 0.6) is 0 Å². The second-order valence-electron chi connectivity index (χ2n) is 8.01. The lowest BCUT2D eigenvalue weighted by Crippen LogP contribution is -1.99. The monoisotopic (exact) mass is 410 g/mol. The van der Waals surface area contributed by atoms with Crippen LogP contribution < -0.4 is 0 Å². The first kappa shape index (κ1) is 17.3. The summed E-state index contributed by atoms with van der Waals surface area (Å²) in [5, 5.41) is 14.0. The number of fused-ring (bicyclic) bond motifs is 6. The van der Waals surface area contributed by atoms with Crippen molar-refractivity contribution in [3.63, 3.8) is 0 Å². The molecule has 0 fully saturated rings. The van der Waals surface area contributed by atoms with Gasteiger partial charge in [0.2, 0.25) is 0 Å². The highest BCUT2D eigenvalue weighted by Gasteiger charge is 2.18. The molecule has 0 bridgehead atoms. The predicted molar refractivity (Wildman–Crippen MR) is 130 cm³/mol. The van der Waals surface area contributed by atoms with Gasteiger partial charge in [0.15, 0.2) is 11.5 Å². The summed E-state index contributed by atoms with van der Waals surface area (Å²) in [6, 6.07) is 36.0. The Balaban J connectivity index is 1.57. The lowest BCUT2D eigenvalue weighted by molar-refractivity contribution is 1.09. The lowest BCUT2D eigenvalue weighted by Gasteiger charge is -2.13. The average Bonchev–Trinajstić information content (AvgIpc) is 3.44. The zero-order valence-electron chi connectivity index (χ0n) is 17.2. The van der Waals surface area contributed by atoms with Crippen LogP contribution in [-0.2, 0) is 0 Å². The van der Waals surface area contributed by atoms with E-state index in [4.69, 9.17) is 0 Å². The van der Waals surface area contributed by atoms with E-state index in [0.717, 1.165) is 33.5 Å². The van der Waals surface area contributed by atoms with Crippen molar-refractivity contribution in [2.45, 2.75) is 0 Å². The van der Waals surface area contributed by atoms with Crippen LogP contribution in [0.15, 0.2) is 109 Å². The topological polar surface area (TPSA) is 35.1 Å². The third-order valence-electron chi connectivity index (χ3n) is 6.27. The van der Waals surface area contributed by atoms with E-state index in [1.807, 2.05) is 12.1 Å². The van der Waals surface area contributed by atoms with Gasteiger partial charge in [0.05, 0.1) is 16.7 Å². The molecule has 7 rings (SSSR count). The number of hydrogen-bond acceptors (Lipinski definition) is 2. The normalized spacial score (nSPS) is 11.8. The number of nitrogens with zero attached hydrogens (tertiary/aromatic N) is 4. The molecule has 150 valence electrons. The zero-order valence-corrected chi connectivity index (χ0v) is 17.2. The molecule has 0 aliphatic rings. The van der Waals surface area contributed by atoms with Crippen LogP contribution in [0.1, 0.15) is 0 Å². The van der Waals surface area contributed by atoms with Gasteiger partial charge in [-0.25, -0.2) is 0 Å². The van der Waals surface area contributed by atoms with Crippen molar-refractivity contribution in [3.05, 3.63) is 109 Å². The quantitative estimate of drug-likeness (QED) is 0.320. The van der Waals surface area contributed by atoms with Crippen molar-refractivity contribution in [2.24, 2.45) is 0 Å². The van der Waals surface area contributed by atoms with Gasteiger partial charge in [0.25, 0.3) is 0 Å². The molecule has 3 aromatic heterocycles. The molecule has 0 saturated heterocycles. The maximum Gasteiger partial charge on any atom is 0.170 e. The number of aromatic nitrogens is 4. The van der Waals surface area contributed by atoms with Crippen molar-refractivity contribution in [1.82, 2.24) is 19.2 Å². The fourth-order valence-corrected chi connectivity index (χ4v) is 4.84.